The lowest BCUT2D eigenvalue weighted by Gasteiger charge is -2.35. The van der Waals surface area contributed by atoms with Crippen molar-refractivity contribution in [2.75, 3.05) is 7.05 Å². The van der Waals surface area contributed by atoms with Crippen molar-refractivity contribution in [3.63, 3.8) is 0 Å². The third-order valence-electron chi connectivity index (χ3n) is 3.48. The quantitative estimate of drug-likeness (QED) is 0.725. The number of likely N-dealkylation sites (N-methyl/N-ethyl adjacent to an activating group) is 1. The van der Waals surface area contributed by atoms with E-state index >= 15 is 0 Å². The van der Waals surface area contributed by atoms with Gasteiger partial charge in [-0.1, -0.05) is 13.3 Å². The van der Waals surface area contributed by atoms with E-state index in [0.717, 1.165) is 12.8 Å². The Bertz CT molecular complexity index is 303. The van der Waals surface area contributed by atoms with Crippen molar-refractivity contribution in [3.8, 4) is 0 Å². The molecule has 0 radical (unpaired) electrons. The smallest absolute Gasteiger partial charge is 0.323 e. The van der Waals surface area contributed by atoms with E-state index in [4.69, 9.17) is 5.11 Å². The van der Waals surface area contributed by atoms with Crippen LogP contribution in [0, 0.1) is 0 Å². The summed E-state index contributed by atoms with van der Waals surface area (Å²) < 4.78 is 0. The molecular formula is C13H26N2O3. The minimum atomic E-state index is -1.06. The van der Waals surface area contributed by atoms with E-state index in [1.165, 1.54) is 0 Å². The Hall–Kier alpha value is -1.10. The van der Waals surface area contributed by atoms with E-state index in [0.29, 0.717) is 0 Å². The summed E-state index contributed by atoms with van der Waals surface area (Å²) >= 11 is 0. The van der Waals surface area contributed by atoms with Crippen molar-refractivity contribution < 1.29 is 14.7 Å². The van der Waals surface area contributed by atoms with Gasteiger partial charge in [0.1, 0.15) is 5.54 Å². The molecule has 0 rings (SSSR count). The minimum Gasteiger partial charge on any atom is -0.480 e. The number of rotatable bonds is 7. The highest BCUT2D eigenvalue weighted by molar-refractivity contribution is 5.84. The van der Waals surface area contributed by atoms with Gasteiger partial charge in [-0.15, -0.1) is 0 Å². The van der Waals surface area contributed by atoms with Gasteiger partial charge in [-0.25, -0.2) is 0 Å². The molecule has 0 bridgehead atoms. The number of carbonyl (C=O) groups excluding carboxylic acids is 1. The van der Waals surface area contributed by atoms with E-state index in [1.54, 1.807) is 32.7 Å². The number of carboxylic acids is 1. The Labute approximate surface area is 110 Å². The second-order valence-corrected chi connectivity index (χ2v) is 5.35. The fraction of sp³-hybridized carbons (Fsp3) is 0.846. The van der Waals surface area contributed by atoms with E-state index in [-0.39, 0.29) is 11.9 Å². The zero-order valence-corrected chi connectivity index (χ0v) is 12.3. The van der Waals surface area contributed by atoms with E-state index in [1.807, 2.05) is 6.92 Å². The maximum absolute atomic E-state index is 12.0. The molecule has 0 aromatic carbocycles. The lowest BCUT2D eigenvalue weighted by atomic mass is 10.0. The molecule has 2 N–H and O–H groups in total. The van der Waals surface area contributed by atoms with Gasteiger partial charge >= 0.3 is 5.97 Å². The van der Waals surface area contributed by atoms with Crippen molar-refractivity contribution in [2.24, 2.45) is 0 Å². The Kier molecular flexibility index (Phi) is 6.32. The molecular weight excluding hydrogens is 232 g/mol. The summed E-state index contributed by atoms with van der Waals surface area (Å²) in [5.74, 6) is -1.07. The van der Waals surface area contributed by atoms with Crippen LogP contribution >= 0.6 is 0 Å². The van der Waals surface area contributed by atoms with Crippen LogP contribution in [0.2, 0.25) is 0 Å². The molecule has 0 fully saturated rings. The Balaban J connectivity index is 4.60. The lowest BCUT2D eigenvalue weighted by molar-refractivity contribution is -0.151. The highest BCUT2D eigenvalue weighted by Gasteiger charge is 2.37. The molecule has 18 heavy (non-hydrogen) atoms. The molecule has 0 heterocycles. The van der Waals surface area contributed by atoms with Crippen LogP contribution in [-0.2, 0) is 9.59 Å². The molecule has 2 atom stereocenters. The maximum Gasteiger partial charge on any atom is 0.323 e. The first-order valence-corrected chi connectivity index (χ1v) is 6.41. The third-order valence-corrected chi connectivity index (χ3v) is 3.48. The van der Waals surface area contributed by atoms with Crippen molar-refractivity contribution >= 4 is 11.9 Å². The van der Waals surface area contributed by atoms with Gasteiger partial charge in [0, 0.05) is 6.04 Å². The molecule has 2 unspecified atom stereocenters. The maximum atomic E-state index is 12.0. The van der Waals surface area contributed by atoms with Gasteiger partial charge in [-0.2, -0.15) is 0 Å². The van der Waals surface area contributed by atoms with Crippen LogP contribution in [0.15, 0.2) is 0 Å². The van der Waals surface area contributed by atoms with E-state index < -0.39 is 17.6 Å². The van der Waals surface area contributed by atoms with Crippen molar-refractivity contribution in [1.29, 1.82) is 0 Å². The van der Waals surface area contributed by atoms with Gasteiger partial charge in [0.05, 0.1) is 6.04 Å². The summed E-state index contributed by atoms with van der Waals surface area (Å²) in [7, 11) is 1.66. The largest absolute Gasteiger partial charge is 0.480 e. The Morgan fingerprint density at radius 2 is 1.83 bits per heavy atom. The predicted molar refractivity (Wildman–Crippen MR) is 71.5 cm³/mol. The van der Waals surface area contributed by atoms with Crippen molar-refractivity contribution in [3.05, 3.63) is 0 Å². The van der Waals surface area contributed by atoms with Gasteiger partial charge < -0.3 is 10.4 Å². The third kappa shape index (κ3) is 4.29. The van der Waals surface area contributed by atoms with Crippen LogP contribution in [-0.4, -0.2) is 46.6 Å². The van der Waals surface area contributed by atoms with Gasteiger partial charge in [-0.05, 0) is 41.2 Å². The van der Waals surface area contributed by atoms with E-state index in [2.05, 4.69) is 12.2 Å². The molecule has 0 saturated carbocycles. The van der Waals surface area contributed by atoms with Crippen LogP contribution in [0.25, 0.3) is 0 Å². The first-order chi connectivity index (χ1) is 8.14. The molecule has 0 aliphatic rings. The zero-order chi connectivity index (χ0) is 14.5. The normalized spacial score (nSPS) is 15.3. The van der Waals surface area contributed by atoms with Crippen molar-refractivity contribution in [2.45, 2.75) is 65.1 Å². The van der Waals surface area contributed by atoms with Crippen LogP contribution < -0.4 is 5.32 Å². The topological polar surface area (TPSA) is 69.6 Å². The highest BCUT2D eigenvalue weighted by Crippen LogP contribution is 2.16. The fourth-order valence-corrected chi connectivity index (χ4v) is 1.68. The highest BCUT2D eigenvalue weighted by atomic mass is 16.4. The molecule has 0 aromatic heterocycles. The number of nitrogens with one attached hydrogen (secondary N) is 1. The molecule has 0 aliphatic heterocycles. The number of nitrogens with zero attached hydrogens (tertiary/aromatic N) is 1. The summed E-state index contributed by atoms with van der Waals surface area (Å²) in [5, 5.41) is 12.0. The zero-order valence-electron chi connectivity index (χ0n) is 12.3. The monoisotopic (exact) mass is 258 g/mol. The lowest BCUT2D eigenvalue weighted by Crippen LogP contribution is -2.56. The molecule has 5 heteroatoms. The average molecular weight is 258 g/mol. The van der Waals surface area contributed by atoms with Crippen LogP contribution in [0.5, 0.6) is 0 Å². The van der Waals surface area contributed by atoms with Gasteiger partial charge in [-0.3, -0.25) is 14.5 Å². The molecule has 5 nitrogen and oxygen atoms in total. The fourth-order valence-electron chi connectivity index (χ4n) is 1.68. The van der Waals surface area contributed by atoms with Crippen LogP contribution in [0.1, 0.15) is 47.5 Å². The second-order valence-electron chi connectivity index (χ2n) is 5.35. The van der Waals surface area contributed by atoms with Gasteiger partial charge in [0.2, 0.25) is 5.91 Å². The summed E-state index contributed by atoms with van der Waals surface area (Å²) in [6.45, 7) is 8.92. The standard InChI is InChI=1S/C13H26N2O3/c1-7-8-9(2)14-11(16)10(3)15(6)13(4,5)12(17)18/h9-10H,7-8H2,1-6H3,(H,14,16)(H,17,18). The molecule has 1 amide bonds. The van der Waals surface area contributed by atoms with Gasteiger partial charge in [0.25, 0.3) is 0 Å². The van der Waals surface area contributed by atoms with Gasteiger partial charge in [0.15, 0.2) is 0 Å². The number of hydrogen-bond donors (Lipinski definition) is 2. The number of hydrogen-bond acceptors (Lipinski definition) is 3. The Morgan fingerprint density at radius 3 is 2.22 bits per heavy atom. The number of aliphatic carboxylic acids is 1. The summed E-state index contributed by atoms with van der Waals surface area (Å²) in [4.78, 5) is 24.7. The number of carboxylic acid groups (broad SMARTS) is 1. The molecule has 106 valence electrons. The molecule has 0 saturated heterocycles. The minimum absolute atomic E-state index is 0.117. The summed E-state index contributed by atoms with van der Waals surface area (Å²) in [6, 6.07) is -0.360. The molecule has 0 aromatic rings. The van der Waals surface area contributed by atoms with Crippen LogP contribution in [0.4, 0.5) is 0 Å². The predicted octanol–water partition coefficient (Wildman–Crippen LogP) is 1.47. The van der Waals surface area contributed by atoms with Crippen LogP contribution in [0.3, 0.4) is 0 Å². The summed E-state index contributed by atoms with van der Waals surface area (Å²) in [6.07, 6.45) is 1.93. The number of carbonyl (C=O) groups is 2. The number of amides is 1. The first kappa shape index (κ1) is 16.9. The molecule has 0 aliphatic carbocycles. The van der Waals surface area contributed by atoms with E-state index in [9.17, 15) is 9.59 Å². The summed E-state index contributed by atoms with van der Waals surface area (Å²) in [5.41, 5.74) is -1.06. The average Bonchev–Trinajstić information content (AvgIpc) is 2.26. The second kappa shape index (κ2) is 6.73. The first-order valence-electron chi connectivity index (χ1n) is 6.41. The Morgan fingerprint density at radius 1 is 1.33 bits per heavy atom. The molecule has 0 spiro atoms. The van der Waals surface area contributed by atoms with Crippen molar-refractivity contribution in [1.82, 2.24) is 10.2 Å². The SMILES string of the molecule is CCCC(C)NC(=O)C(C)N(C)C(C)(C)C(=O)O.